The molecule has 2 aromatic rings. The molecule has 1 aliphatic heterocycles. The molecule has 120 valence electrons. The number of carbonyl (C=O) groups excluding carboxylic acids is 1. The number of aromatic nitrogens is 1. The molecule has 5 heteroatoms. The van der Waals surface area contributed by atoms with E-state index in [-0.39, 0.29) is 5.91 Å². The van der Waals surface area contributed by atoms with Gasteiger partial charge in [0.15, 0.2) is 0 Å². The van der Waals surface area contributed by atoms with Gasteiger partial charge in [0.25, 0.3) is 5.91 Å². The zero-order chi connectivity index (χ0) is 16.1. The van der Waals surface area contributed by atoms with Crippen molar-refractivity contribution in [2.75, 3.05) is 18.0 Å². The van der Waals surface area contributed by atoms with Crippen molar-refractivity contribution >= 4 is 27.7 Å². The molecule has 0 spiro atoms. The molecule has 0 bridgehead atoms. The molecule has 0 radical (unpaired) electrons. The summed E-state index contributed by atoms with van der Waals surface area (Å²) in [4.78, 5) is 19.0. The lowest BCUT2D eigenvalue weighted by Crippen LogP contribution is -2.30. The van der Waals surface area contributed by atoms with Gasteiger partial charge in [0, 0.05) is 30.3 Å². The molecule has 1 fully saturated rings. The highest BCUT2D eigenvalue weighted by atomic mass is 79.9. The van der Waals surface area contributed by atoms with E-state index >= 15 is 0 Å². The van der Waals surface area contributed by atoms with Gasteiger partial charge in [-0.25, -0.2) is 4.98 Å². The van der Waals surface area contributed by atoms with Crippen LogP contribution in [0.15, 0.2) is 47.1 Å². The van der Waals surface area contributed by atoms with E-state index < -0.39 is 0 Å². The van der Waals surface area contributed by atoms with Crippen LogP contribution < -0.4 is 10.2 Å². The normalized spacial score (nSPS) is 14.6. The van der Waals surface area contributed by atoms with Gasteiger partial charge in [-0.05, 0) is 59.0 Å². The van der Waals surface area contributed by atoms with E-state index in [4.69, 9.17) is 0 Å². The summed E-state index contributed by atoms with van der Waals surface area (Å²) in [6.45, 7) is 2.66. The first kappa shape index (κ1) is 16.0. The maximum Gasteiger partial charge on any atom is 0.252 e. The number of anilines is 1. The molecule has 3 rings (SSSR count). The van der Waals surface area contributed by atoms with E-state index in [0.29, 0.717) is 12.1 Å². The fourth-order valence-electron chi connectivity index (χ4n) is 2.75. The Morgan fingerprint density at radius 2 is 1.91 bits per heavy atom. The Balaban J connectivity index is 1.58. The number of piperidine rings is 1. The molecule has 1 aliphatic rings. The van der Waals surface area contributed by atoms with Gasteiger partial charge < -0.3 is 10.2 Å². The molecule has 0 unspecified atom stereocenters. The van der Waals surface area contributed by atoms with Gasteiger partial charge in [-0.2, -0.15) is 0 Å². The van der Waals surface area contributed by atoms with Gasteiger partial charge in [-0.15, -0.1) is 0 Å². The SMILES string of the molecule is O=C(NCc1ccc(N2CCCCC2)nc1)c1ccccc1Br. The van der Waals surface area contributed by atoms with Crippen LogP contribution in [0.3, 0.4) is 0 Å². The van der Waals surface area contributed by atoms with Crippen LogP contribution in [0.2, 0.25) is 0 Å². The average molecular weight is 374 g/mol. The van der Waals surface area contributed by atoms with Gasteiger partial charge in [0.05, 0.1) is 5.56 Å². The predicted octanol–water partition coefficient (Wildman–Crippen LogP) is 3.76. The number of amides is 1. The Morgan fingerprint density at radius 1 is 1.13 bits per heavy atom. The molecule has 0 saturated carbocycles. The van der Waals surface area contributed by atoms with Crippen LogP contribution in [0.4, 0.5) is 5.82 Å². The van der Waals surface area contributed by atoms with E-state index in [1.54, 1.807) is 6.07 Å². The van der Waals surface area contributed by atoms with Crippen LogP contribution in [0, 0.1) is 0 Å². The molecular formula is C18H20BrN3O. The fourth-order valence-corrected chi connectivity index (χ4v) is 3.22. The number of benzene rings is 1. The minimum atomic E-state index is -0.0856. The van der Waals surface area contributed by atoms with E-state index in [9.17, 15) is 4.79 Å². The standard InChI is InChI=1S/C18H20BrN3O/c19-16-7-3-2-6-15(16)18(23)21-13-14-8-9-17(20-12-14)22-10-4-1-5-11-22/h2-3,6-9,12H,1,4-5,10-11,13H2,(H,21,23). The molecule has 4 nitrogen and oxygen atoms in total. The molecule has 1 saturated heterocycles. The number of halogens is 1. The zero-order valence-electron chi connectivity index (χ0n) is 13.0. The second kappa shape index (κ2) is 7.59. The lowest BCUT2D eigenvalue weighted by Gasteiger charge is -2.27. The highest BCUT2D eigenvalue weighted by molar-refractivity contribution is 9.10. The average Bonchev–Trinajstić information content (AvgIpc) is 2.61. The van der Waals surface area contributed by atoms with Crippen molar-refractivity contribution in [3.8, 4) is 0 Å². The van der Waals surface area contributed by atoms with E-state index in [1.165, 1.54) is 19.3 Å². The number of rotatable bonds is 4. The Morgan fingerprint density at radius 3 is 2.61 bits per heavy atom. The lowest BCUT2D eigenvalue weighted by atomic mass is 10.1. The molecule has 2 heterocycles. The van der Waals surface area contributed by atoms with E-state index in [0.717, 1.165) is 28.9 Å². The number of hydrogen-bond acceptors (Lipinski definition) is 3. The van der Waals surface area contributed by atoms with Gasteiger partial charge in [0.1, 0.15) is 5.82 Å². The Hall–Kier alpha value is -1.88. The summed E-state index contributed by atoms with van der Waals surface area (Å²) in [7, 11) is 0. The lowest BCUT2D eigenvalue weighted by molar-refractivity contribution is 0.0950. The minimum absolute atomic E-state index is 0.0856. The summed E-state index contributed by atoms with van der Waals surface area (Å²) in [5, 5.41) is 2.93. The monoisotopic (exact) mass is 373 g/mol. The maximum absolute atomic E-state index is 12.2. The number of hydrogen-bond donors (Lipinski definition) is 1. The maximum atomic E-state index is 12.2. The Bertz CT molecular complexity index is 666. The second-order valence-electron chi connectivity index (χ2n) is 5.73. The first-order valence-electron chi connectivity index (χ1n) is 7.96. The first-order valence-corrected chi connectivity index (χ1v) is 8.76. The first-order chi connectivity index (χ1) is 11.2. The van der Waals surface area contributed by atoms with Crippen LogP contribution in [0.1, 0.15) is 35.2 Å². The van der Waals surface area contributed by atoms with Crippen molar-refractivity contribution in [1.82, 2.24) is 10.3 Å². The minimum Gasteiger partial charge on any atom is -0.357 e. The Kier molecular flexibility index (Phi) is 5.28. The molecule has 1 N–H and O–H groups in total. The third-order valence-electron chi connectivity index (χ3n) is 4.06. The Labute approximate surface area is 145 Å². The molecule has 1 aromatic carbocycles. The summed E-state index contributed by atoms with van der Waals surface area (Å²) in [5.41, 5.74) is 1.65. The van der Waals surface area contributed by atoms with Gasteiger partial charge >= 0.3 is 0 Å². The molecule has 23 heavy (non-hydrogen) atoms. The second-order valence-corrected chi connectivity index (χ2v) is 6.59. The van der Waals surface area contributed by atoms with Crippen LogP contribution in [0.25, 0.3) is 0 Å². The molecule has 1 amide bonds. The van der Waals surface area contributed by atoms with Crippen molar-refractivity contribution in [2.24, 2.45) is 0 Å². The van der Waals surface area contributed by atoms with Crippen molar-refractivity contribution in [3.63, 3.8) is 0 Å². The van der Waals surface area contributed by atoms with Crippen LogP contribution in [-0.2, 0) is 6.54 Å². The summed E-state index contributed by atoms with van der Waals surface area (Å²) >= 11 is 3.40. The van der Waals surface area contributed by atoms with Gasteiger partial charge in [-0.3, -0.25) is 4.79 Å². The molecular weight excluding hydrogens is 354 g/mol. The number of nitrogens with zero attached hydrogens (tertiary/aromatic N) is 2. The van der Waals surface area contributed by atoms with Crippen molar-refractivity contribution in [2.45, 2.75) is 25.8 Å². The number of carbonyl (C=O) groups is 1. The van der Waals surface area contributed by atoms with Crippen LogP contribution >= 0.6 is 15.9 Å². The number of nitrogens with one attached hydrogen (secondary N) is 1. The smallest absolute Gasteiger partial charge is 0.252 e. The topological polar surface area (TPSA) is 45.2 Å². The summed E-state index contributed by atoms with van der Waals surface area (Å²) in [6, 6.07) is 11.5. The van der Waals surface area contributed by atoms with E-state index in [1.807, 2.05) is 36.5 Å². The van der Waals surface area contributed by atoms with Gasteiger partial charge in [-0.1, -0.05) is 18.2 Å². The predicted molar refractivity (Wildman–Crippen MR) is 95.6 cm³/mol. The highest BCUT2D eigenvalue weighted by Crippen LogP contribution is 2.18. The van der Waals surface area contributed by atoms with Crippen molar-refractivity contribution < 1.29 is 4.79 Å². The largest absolute Gasteiger partial charge is 0.357 e. The third kappa shape index (κ3) is 4.10. The zero-order valence-corrected chi connectivity index (χ0v) is 14.6. The fraction of sp³-hybridized carbons (Fsp3) is 0.333. The quantitative estimate of drug-likeness (QED) is 0.886. The molecule has 1 aromatic heterocycles. The summed E-state index contributed by atoms with van der Waals surface area (Å²) in [6.07, 6.45) is 5.65. The summed E-state index contributed by atoms with van der Waals surface area (Å²) in [5.74, 6) is 0.947. The third-order valence-corrected chi connectivity index (χ3v) is 4.75. The van der Waals surface area contributed by atoms with E-state index in [2.05, 4.69) is 31.1 Å². The molecule has 0 aliphatic carbocycles. The van der Waals surface area contributed by atoms with Crippen LogP contribution in [0.5, 0.6) is 0 Å². The van der Waals surface area contributed by atoms with Crippen LogP contribution in [-0.4, -0.2) is 24.0 Å². The molecule has 0 atom stereocenters. The van der Waals surface area contributed by atoms with Crippen molar-refractivity contribution in [3.05, 3.63) is 58.2 Å². The van der Waals surface area contributed by atoms with Gasteiger partial charge in [0.2, 0.25) is 0 Å². The number of pyridine rings is 1. The van der Waals surface area contributed by atoms with Crippen molar-refractivity contribution in [1.29, 1.82) is 0 Å². The highest BCUT2D eigenvalue weighted by Gasteiger charge is 2.12. The summed E-state index contributed by atoms with van der Waals surface area (Å²) < 4.78 is 0.802.